The SMILES string of the molecule is COc1ccc(NC(=O)Cc2ccc(N3CCCCC3)cc2)cc1OC. The molecule has 2 aromatic carbocycles. The number of carbonyl (C=O) groups is 1. The first-order chi connectivity index (χ1) is 12.7. The lowest BCUT2D eigenvalue weighted by atomic mass is 10.1. The van der Waals surface area contributed by atoms with Crippen molar-refractivity contribution in [1.82, 2.24) is 0 Å². The minimum atomic E-state index is -0.0528. The third kappa shape index (κ3) is 4.48. The lowest BCUT2D eigenvalue weighted by molar-refractivity contribution is -0.115. The lowest BCUT2D eigenvalue weighted by Crippen LogP contribution is -2.29. The molecular weight excluding hydrogens is 328 g/mol. The summed E-state index contributed by atoms with van der Waals surface area (Å²) in [5.41, 5.74) is 2.94. The lowest BCUT2D eigenvalue weighted by Gasteiger charge is -2.28. The number of rotatable bonds is 6. The Labute approximate surface area is 154 Å². The maximum atomic E-state index is 12.3. The molecule has 3 rings (SSSR count). The van der Waals surface area contributed by atoms with E-state index in [9.17, 15) is 4.79 Å². The molecule has 1 fully saturated rings. The van der Waals surface area contributed by atoms with E-state index >= 15 is 0 Å². The van der Waals surface area contributed by atoms with Crippen LogP contribution in [0.3, 0.4) is 0 Å². The Kier molecular flexibility index (Phi) is 6.00. The maximum absolute atomic E-state index is 12.3. The molecule has 26 heavy (non-hydrogen) atoms. The van der Waals surface area contributed by atoms with Crippen LogP contribution in [-0.2, 0) is 11.2 Å². The first kappa shape index (κ1) is 18.1. The Morgan fingerprint density at radius 2 is 1.65 bits per heavy atom. The van der Waals surface area contributed by atoms with Crippen molar-refractivity contribution >= 4 is 17.3 Å². The van der Waals surface area contributed by atoms with Crippen LogP contribution in [0.1, 0.15) is 24.8 Å². The molecule has 0 unspecified atom stereocenters. The number of anilines is 2. The number of nitrogens with zero attached hydrogens (tertiary/aromatic N) is 1. The topological polar surface area (TPSA) is 50.8 Å². The molecule has 1 saturated heterocycles. The number of hydrogen-bond acceptors (Lipinski definition) is 4. The summed E-state index contributed by atoms with van der Waals surface area (Å²) in [4.78, 5) is 14.7. The largest absolute Gasteiger partial charge is 0.493 e. The van der Waals surface area contributed by atoms with Gasteiger partial charge in [0.05, 0.1) is 20.6 Å². The highest BCUT2D eigenvalue weighted by Gasteiger charge is 2.12. The van der Waals surface area contributed by atoms with Crippen molar-refractivity contribution < 1.29 is 14.3 Å². The van der Waals surface area contributed by atoms with Gasteiger partial charge in [-0.05, 0) is 49.1 Å². The van der Waals surface area contributed by atoms with Crippen molar-refractivity contribution in [2.75, 3.05) is 37.5 Å². The molecule has 5 nitrogen and oxygen atoms in total. The smallest absolute Gasteiger partial charge is 0.228 e. The van der Waals surface area contributed by atoms with Gasteiger partial charge in [0.2, 0.25) is 5.91 Å². The standard InChI is InChI=1S/C21H26N2O3/c1-25-19-11-8-17(15-20(19)26-2)22-21(24)14-16-6-9-18(10-7-16)23-12-4-3-5-13-23/h6-11,15H,3-5,12-14H2,1-2H3,(H,22,24). The van der Waals surface area contributed by atoms with E-state index in [-0.39, 0.29) is 5.91 Å². The summed E-state index contributed by atoms with van der Waals surface area (Å²) >= 11 is 0. The molecule has 1 heterocycles. The Hall–Kier alpha value is -2.69. The summed E-state index contributed by atoms with van der Waals surface area (Å²) in [6.45, 7) is 2.25. The number of benzene rings is 2. The van der Waals surface area contributed by atoms with Crippen molar-refractivity contribution in [2.24, 2.45) is 0 Å². The number of piperidine rings is 1. The summed E-state index contributed by atoms with van der Waals surface area (Å²) in [6, 6.07) is 13.7. The van der Waals surface area contributed by atoms with Crippen LogP contribution in [0.2, 0.25) is 0 Å². The predicted octanol–water partition coefficient (Wildman–Crippen LogP) is 3.88. The average molecular weight is 354 g/mol. The normalized spacial score (nSPS) is 14.0. The summed E-state index contributed by atoms with van der Waals surface area (Å²) in [7, 11) is 3.16. The third-order valence-corrected chi connectivity index (χ3v) is 4.69. The number of methoxy groups -OCH3 is 2. The first-order valence-corrected chi connectivity index (χ1v) is 9.05. The van der Waals surface area contributed by atoms with Gasteiger partial charge in [0.25, 0.3) is 0 Å². The number of amides is 1. The van der Waals surface area contributed by atoms with E-state index in [4.69, 9.17) is 9.47 Å². The van der Waals surface area contributed by atoms with Gasteiger partial charge in [-0.3, -0.25) is 4.79 Å². The fourth-order valence-electron chi connectivity index (χ4n) is 3.28. The van der Waals surface area contributed by atoms with E-state index in [0.29, 0.717) is 23.6 Å². The average Bonchev–Trinajstić information content (AvgIpc) is 2.69. The molecule has 1 aliphatic rings. The fraction of sp³-hybridized carbons (Fsp3) is 0.381. The maximum Gasteiger partial charge on any atom is 0.228 e. The molecule has 2 aromatic rings. The van der Waals surface area contributed by atoms with Crippen LogP contribution in [0.25, 0.3) is 0 Å². The molecule has 1 amide bonds. The monoisotopic (exact) mass is 354 g/mol. The van der Waals surface area contributed by atoms with E-state index in [1.807, 2.05) is 12.1 Å². The van der Waals surface area contributed by atoms with Gasteiger partial charge < -0.3 is 19.7 Å². The molecule has 0 bridgehead atoms. The van der Waals surface area contributed by atoms with Crippen LogP contribution in [0.4, 0.5) is 11.4 Å². The minimum absolute atomic E-state index is 0.0528. The van der Waals surface area contributed by atoms with Crippen LogP contribution in [0.15, 0.2) is 42.5 Å². The minimum Gasteiger partial charge on any atom is -0.493 e. The second kappa shape index (κ2) is 8.61. The van der Waals surface area contributed by atoms with Crippen LogP contribution >= 0.6 is 0 Å². The van der Waals surface area contributed by atoms with Gasteiger partial charge in [0.15, 0.2) is 11.5 Å². The van der Waals surface area contributed by atoms with Gasteiger partial charge in [-0.15, -0.1) is 0 Å². The van der Waals surface area contributed by atoms with Gasteiger partial charge >= 0.3 is 0 Å². The van der Waals surface area contributed by atoms with Crippen LogP contribution in [0, 0.1) is 0 Å². The Morgan fingerprint density at radius 1 is 0.962 bits per heavy atom. The van der Waals surface area contributed by atoms with Crippen molar-refractivity contribution in [3.8, 4) is 11.5 Å². The number of nitrogens with one attached hydrogen (secondary N) is 1. The molecule has 138 valence electrons. The highest BCUT2D eigenvalue weighted by Crippen LogP contribution is 2.29. The Bertz CT molecular complexity index is 737. The summed E-state index contributed by atoms with van der Waals surface area (Å²) in [6.07, 6.45) is 4.19. The Morgan fingerprint density at radius 3 is 2.31 bits per heavy atom. The van der Waals surface area contributed by atoms with E-state index < -0.39 is 0 Å². The summed E-state index contributed by atoms with van der Waals surface area (Å²) in [5, 5.41) is 2.91. The van der Waals surface area contributed by atoms with Gasteiger partial charge in [-0.1, -0.05) is 12.1 Å². The van der Waals surface area contributed by atoms with Crippen LogP contribution in [-0.4, -0.2) is 33.2 Å². The third-order valence-electron chi connectivity index (χ3n) is 4.69. The molecular formula is C21H26N2O3. The summed E-state index contributed by atoms with van der Waals surface area (Å²) in [5.74, 6) is 1.18. The fourth-order valence-corrected chi connectivity index (χ4v) is 3.28. The first-order valence-electron chi connectivity index (χ1n) is 9.05. The number of hydrogen-bond donors (Lipinski definition) is 1. The summed E-state index contributed by atoms with van der Waals surface area (Å²) < 4.78 is 10.5. The highest BCUT2D eigenvalue weighted by molar-refractivity contribution is 5.92. The van der Waals surface area contributed by atoms with Gasteiger partial charge in [0, 0.05) is 30.5 Å². The predicted molar refractivity (Wildman–Crippen MR) is 104 cm³/mol. The molecule has 0 atom stereocenters. The highest BCUT2D eigenvalue weighted by atomic mass is 16.5. The van der Waals surface area contributed by atoms with E-state index in [1.54, 1.807) is 32.4 Å². The second-order valence-electron chi connectivity index (χ2n) is 6.51. The van der Waals surface area contributed by atoms with E-state index in [2.05, 4.69) is 22.3 Å². The zero-order valence-corrected chi connectivity index (χ0v) is 15.5. The molecule has 0 spiro atoms. The van der Waals surface area contributed by atoms with Crippen molar-refractivity contribution in [2.45, 2.75) is 25.7 Å². The zero-order valence-electron chi connectivity index (χ0n) is 15.5. The molecule has 0 aliphatic carbocycles. The quantitative estimate of drug-likeness (QED) is 0.855. The van der Waals surface area contributed by atoms with Crippen LogP contribution < -0.4 is 19.7 Å². The van der Waals surface area contributed by atoms with Crippen LogP contribution in [0.5, 0.6) is 11.5 Å². The van der Waals surface area contributed by atoms with Gasteiger partial charge in [0.1, 0.15) is 0 Å². The van der Waals surface area contributed by atoms with Gasteiger partial charge in [-0.2, -0.15) is 0 Å². The molecule has 0 aromatic heterocycles. The van der Waals surface area contributed by atoms with Crippen molar-refractivity contribution in [3.63, 3.8) is 0 Å². The number of carbonyl (C=O) groups excluding carboxylic acids is 1. The molecule has 1 aliphatic heterocycles. The Balaban J connectivity index is 1.59. The molecule has 1 N–H and O–H groups in total. The van der Waals surface area contributed by atoms with Crippen molar-refractivity contribution in [1.29, 1.82) is 0 Å². The number of ether oxygens (including phenoxy) is 2. The second-order valence-corrected chi connectivity index (χ2v) is 6.51. The molecule has 5 heteroatoms. The van der Waals surface area contributed by atoms with E-state index in [1.165, 1.54) is 24.9 Å². The van der Waals surface area contributed by atoms with Gasteiger partial charge in [-0.25, -0.2) is 0 Å². The molecule has 0 radical (unpaired) electrons. The molecule has 0 saturated carbocycles. The zero-order chi connectivity index (χ0) is 18.4. The van der Waals surface area contributed by atoms with Crippen molar-refractivity contribution in [3.05, 3.63) is 48.0 Å². The van der Waals surface area contributed by atoms with E-state index in [0.717, 1.165) is 18.7 Å².